The summed E-state index contributed by atoms with van der Waals surface area (Å²) in [4.78, 5) is 0. The van der Waals surface area contributed by atoms with Crippen LogP contribution in [0.25, 0.3) is 0 Å². The fraction of sp³-hybridized carbons (Fsp3) is 1.00. The lowest BCUT2D eigenvalue weighted by Gasteiger charge is -2.47. The Morgan fingerprint density at radius 2 is 2.00 bits per heavy atom. The third kappa shape index (κ3) is 2.22. The van der Waals surface area contributed by atoms with E-state index in [4.69, 9.17) is 4.74 Å². The second kappa shape index (κ2) is 4.08. The minimum atomic E-state index is 0.301. The Kier molecular flexibility index (Phi) is 3.12. The summed E-state index contributed by atoms with van der Waals surface area (Å²) >= 11 is 0. The fourth-order valence-corrected chi connectivity index (χ4v) is 3.54. The molecule has 88 valence electrons. The van der Waals surface area contributed by atoms with Crippen LogP contribution < -0.4 is 0 Å². The molecule has 0 radical (unpaired) electrons. The summed E-state index contributed by atoms with van der Waals surface area (Å²) in [6.07, 6.45) is 9.32. The van der Waals surface area contributed by atoms with Crippen molar-refractivity contribution in [1.29, 1.82) is 0 Å². The highest BCUT2D eigenvalue weighted by molar-refractivity contribution is 4.97. The molecule has 0 aromatic heterocycles. The van der Waals surface area contributed by atoms with Crippen LogP contribution in [0.15, 0.2) is 0 Å². The minimum absolute atomic E-state index is 0.301. The van der Waals surface area contributed by atoms with Gasteiger partial charge >= 0.3 is 0 Å². The van der Waals surface area contributed by atoms with Gasteiger partial charge in [0.25, 0.3) is 0 Å². The molecule has 2 aliphatic rings. The monoisotopic (exact) mass is 210 g/mol. The van der Waals surface area contributed by atoms with Gasteiger partial charge in [0.05, 0.1) is 5.60 Å². The van der Waals surface area contributed by atoms with Crippen molar-refractivity contribution < 1.29 is 4.74 Å². The second-order valence-electron chi connectivity index (χ2n) is 6.31. The van der Waals surface area contributed by atoms with Crippen LogP contribution in [0.5, 0.6) is 0 Å². The highest BCUT2D eigenvalue weighted by Crippen LogP contribution is 2.51. The van der Waals surface area contributed by atoms with E-state index < -0.39 is 0 Å². The van der Waals surface area contributed by atoms with Gasteiger partial charge in [0.2, 0.25) is 0 Å². The van der Waals surface area contributed by atoms with Gasteiger partial charge in [-0.25, -0.2) is 0 Å². The van der Waals surface area contributed by atoms with Gasteiger partial charge in [-0.2, -0.15) is 0 Å². The first kappa shape index (κ1) is 11.4. The van der Waals surface area contributed by atoms with Gasteiger partial charge in [-0.1, -0.05) is 33.6 Å². The summed E-state index contributed by atoms with van der Waals surface area (Å²) in [6, 6.07) is 0. The molecule has 1 saturated carbocycles. The maximum absolute atomic E-state index is 6.05. The molecule has 1 saturated heterocycles. The Bertz CT molecular complexity index is 213. The molecular weight excluding hydrogens is 184 g/mol. The molecule has 2 atom stereocenters. The molecule has 2 fully saturated rings. The Labute approximate surface area is 94.6 Å². The van der Waals surface area contributed by atoms with Gasteiger partial charge in [0.1, 0.15) is 0 Å². The van der Waals surface area contributed by atoms with Crippen molar-refractivity contribution in [1.82, 2.24) is 0 Å². The molecule has 0 aromatic rings. The van der Waals surface area contributed by atoms with E-state index in [2.05, 4.69) is 20.8 Å². The van der Waals surface area contributed by atoms with E-state index in [-0.39, 0.29) is 0 Å². The molecule has 0 bridgehead atoms. The summed E-state index contributed by atoms with van der Waals surface area (Å²) in [7, 11) is 0. The Morgan fingerprint density at radius 1 is 1.20 bits per heavy atom. The lowest BCUT2D eigenvalue weighted by Crippen LogP contribution is -2.42. The summed E-state index contributed by atoms with van der Waals surface area (Å²) in [5.41, 5.74) is 0.850. The average molecular weight is 210 g/mol. The van der Waals surface area contributed by atoms with E-state index in [9.17, 15) is 0 Å². The maximum atomic E-state index is 6.05. The molecule has 1 spiro atoms. The van der Waals surface area contributed by atoms with Gasteiger partial charge in [0.15, 0.2) is 0 Å². The molecule has 1 aliphatic heterocycles. The first-order valence-corrected chi connectivity index (χ1v) is 6.72. The largest absolute Gasteiger partial charge is 0.375 e. The van der Waals surface area contributed by atoms with Crippen LogP contribution in [0.3, 0.4) is 0 Å². The van der Waals surface area contributed by atoms with Gasteiger partial charge in [0, 0.05) is 6.61 Å². The average Bonchev–Trinajstić information content (AvgIpc) is 2.62. The molecule has 2 rings (SSSR count). The molecule has 15 heavy (non-hydrogen) atoms. The third-order valence-electron chi connectivity index (χ3n) is 4.77. The van der Waals surface area contributed by atoms with E-state index in [0.717, 1.165) is 12.5 Å². The van der Waals surface area contributed by atoms with Crippen molar-refractivity contribution in [3.05, 3.63) is 0 Å². The molecule has 0 amide bonds. The minimum Gasteiger partial charge on any atom is -0.375 e. The molecule has 0 N–H and O–H groups in total. The first-order chi connectivity index (χ1) is 7.08. The number of ether oxygens (including phenoxy) is 1. The predicted octanol–water partition coefficient (Wildman–Crippen LogP) is 4.16. The van der Waals surface area contributed by atoms with Crippen LogP contribution in [0.4, 0.5) is 0 Å². The first-order valence-electron chi connectivity index (χ1n) is 6.72. The number of hydrogen-bond acceptors (Lipinski definition) is 1. The smallest absolute Gasteiger partial charge is 0.0686 e. The molecule has 1 heteroatoms. The van der Waals surface area contributed by atoms with E-state index in [1.54, 1.807) is 0 Å². The van der Waals surface area contributed by atoms with Crippen molar-refractivity contribution >= 4 is 0 Å². The topological polar surface area (TPSA) is 9.23 Å². The van der Waals surface area contributed by atoms with Crippen LogP contribution in [-0.2, 0) is 4.74 Å². The highest BCUT2D eigenvalue weighted by atomic mass is 16.5. The third-order valence-corrected chi connectivity index (χ3v) is 4.77. The van der Waals surface area contributed by atoms with Crippen molar-refractivity contribution in [3.63, 3.8) is 0 Å². The summed E-state index contributed by atoms with van der Waals surface area (Å²) < 4.78 is 6.05. The van der Waals surface area contributed by atoms with Crippen LogP contribution in [0.2, 0.25) is 0 Å². The lowest BCUT2D eigenvalue weighted by molar-refractivity contribution is -0.0766. The SMILES string of the molecule is CCCC1CC2(CCCO2)CCC1(C)C. The van der Waals surface area contributed by atoms with Crippen molar-refractivity contribution in [3.8, 4) is 0 Å². The zero-order valence-electron chi connectivity index (χ0n) is 10.6. The summed E-state index contributed by atoms with van der Waals surface area (Å²) in [5, 5.41) is 0. The maximum Gasteiger partial charge on any atom is 0.0686 e. The standard InChI is InChI=1S/C14H26O/c1-4-6-12-11-14(7-5-10-15-14)9-8-13(12,2)3/h12H,4-11H2,1-3H3. The van der Waals surface area contributed by atoms with Crippen LogP contribution in [-0.4, -0.2) is 12.2 Å². The molecule has 1 heterocycles. The van der Waals surface area contributed by atoms with E-state index in [0.29, 0.717) is 11.0 Å². The molecule has 1 aliphatic carbocycles. The molecule has 2 unspecified atom stereocenters. The van der Waals surface area contributed by atoms with E-state index in [1.165, 1.54) is 44.9 Å². The van der Waals surface area contributed by atoms with Crippen molar-refractivity contribution in [2.75, 3.05) is 6.61 Å². The number of hydrogen-bond donors (Lipinski definition) is 0. The van der Waals surface area contributed by atoms with Gasteiger partial charge in [-0.15, -0.1) is 0 Å². The van der Waals surface area contributed by atoms with Gasteiger partial charge < -0.3 is 4.74 Å². The molecule has 0 aromatic carbocycles. The highest BCUT2D eigenvalue weighted by Gasteiger charge is 2.46. The zero-order valence-corrected chi connectivity index (χ0v) is 10.6. The van der Waals surface area contributed by atoms with Gasteiger partial charge in [-0.3, -0.25) is 0 Å². The zero-order chi connectivity index (χ0) is 10.9. The van der Waals surface area contributed by atoms with Crippen molar-refractivity contribution in [2.45, 2.75) is 71.3 Å². The van der Waals surface area contributed by atoms with E-state index >= 15 is 0 Å². The second-order valence-corrected chi connectivity index (χ2v) is 6.31. The fourth-order valence-electron chi connectivity index (χ4n) is 3.54. The van der Waals surface area contributed by atoms with Crippen LogP contribution in [0, 0.1) is 11.3 Å². The summed E-state index contributed by atoms with van der Waals surface area (Å²) in [6.45, 7) is 8.23. The molecule has 1 nitrogen and oxygen atoms in total. The normalized spacial score (nSPS) is 39.8. The van der Waals surface area contributed by atoms with Crippen molar-refractivity contribution in [2.24, 2.45) is 11.3 Å². The Hall–Kier alpha value is -0.0400. The lowest BCUT2D eigenvalue weighted by atomic mass is 9.62. The van der Waals surface area contributed by atoms with Crippen LogP contribution >= 0.6 is 0 Å². The number of rotatable bonds is 2. The quantitative estimate of drug-likeness (QED) is 0.665. The van der Waals surface area contributed by atoms with Crippen LogP contribution in [0.1, 0.15) is 65.7 Å². The Balaban J connectivity index is 2.05. The molecular formula is C14H26O. The van der Waals surface area contributed by atoms with Gasteiger partial charge in [-0.05, 0) is 43.4 Å². The Morgan fingerprint density at radius 3 is 2.60 bits per heavy atom. The summed E-state index contributed by atoms with van der Waals surface area (Å²) in [5.74, 6) is 0.884. The van der Waals surface area contributed by atoms with E-state index in [1.807, 2.05) is 0 Å². The predicted molar refractivity (Wildman–Crippen MR) is 63.9 cm³/mol.